The van der Waals surface area contributed by atoms with Crippen LogP contribution in [-0.4, -0.2) is 58.5 Å². The Morgan fingerprint density at radius 3 is 0.717 bits per heavy atom. The Labute approximate surface area is 450 Å². The molecule has 0 heterocycles. The van der Waals surface area contributed by atoms with Crippen molar-refractivity contribution in [3.05, 3.63) is 147 Å². The molecular weight excluding hydrogens is 1090 g/mol. The zero-order chi connectivity index (χ0) is 40.8. The van der Waals surface area contributed by atoms with Crippen molar-refractivity contribution >= 4 is 56.1 Å². The Morgan fingerprint density at radius 2 is 0.567 bits per heavy atom. The molecule has 330 valence electrons. The van der Waals surface area contributed by atoms with Crippen LogP contribution in [0.4, 0.5) is 0 Å². The van der Waals surface area contributed by atoms with E-state index in [9.17, 15) is 0 Å². The van der Waals surface area contributed by atoms with Crippen LogP contribution in [0.1, 0.15) is 62.3 Å². The average Bonchev–Trinajstić information content (AvgIpc) is 3.87. The fraction of sp³-hybridized carbons (Fsp3) is 0.412. The van der Waals surface area contributed by atoms with E-state index in [4.69, 9.17) is 0 Å². The fourth-order valence-corrected chi connectivity index (χ4v) is 7.32. The van der Waals surface area contributed by atoms with Crippen molar-refractivity contribution in [1.82, 2.24) is 0 Å². The summed E-state index contributed by atoms with van der Waals surface area (Å²) in [5, 5.41) is 7.99. The van der Waals surface area contributed by atoms with Crippen LogP contribution >= 0.6 is 23.8 Å². The Hall–Kier alpha value is 1.30. The van der Waals surface area contributed by atoms with Gasteiger partial charge in [-0.1, -0.05) is 80.5 Å². The van der Waals surface area contributed by atoms with Gasteiger partial charge in [-0.05, 0) is 40.0 Å². The second-order valence-electron chi connectivity index (χ2n) is 18.0. The Balaban J connectivity index is -0.000000143. The van der Waals surface area contributed by atoms with E-state index in [0.29, 0.717) is 16.2 Å². The normalized spacial score (nSPS) is 10.3. The molecule has 0 amide bonds. The summed E-state index contributed by atoms with van der Waals surface area (Å²) in [4.78, 5) is 0. The van der Waals surface area contributed by atoms with Crippen molar-refractivity contribution in [2.75, 3.05) is 58.5 Å². The summed E-state index contributed by atoms with van der Waals surface area (Å²) in [6.07, 6.45) is 11.2. The second kappa shape index (κ2) is 39.5. The van der Waals surface area contributed by atoms with E-state index in [1.165, 1.54) is 50.8 Å². The zero-order valence-electron chi connectivity index (χ0n) is 39.5. The topological polar surface area (TPSA) is 0 Å². The van der Waals surface area contributed by atoms with Gasteiger partial charge in [-0.15, -0.1) is 113 Å². The standard InChI is InChI=1S/3C9H7.3C8H18P.3ClH.3Zr/c3*1-2-5-9-7-3-6-8(9)4-1;3*1-8(2,3)6-7-9(4)5;;;;;;/h3*1-7H;3*6H,7H2,1-5H3;3*1H;;;/q6*-1;;;;3*+2/p-3. The molecule has 0 saturated heterocycles. The molecule has 0 unspecified atom stereocenters. The number of benzene rings is 3. The number of rotatable bonds is 6. The van der Waals surface area contributed by atoms with Crippen LogP contribution in [0, 0.1) is 35.5 Å². The van der Waals surface area contributed by atoms with E-state index in [1.807, 2.05) is 0 Å². The number of fused-ring (bicyclic) bond motifs is 3. The Morgan fingerprint density at radius 1 is 0.367 bits per heavy atom. The van der Waals surface area contributed by atoms with Crippen LogP contribution in [0.15, 0.2) is 127 Å². The zero-order valence-corrected chi connectivity index (χ0v) is 51.8. The molecule has 0 N–H and O–H groups in total. The summed E-state index contributed by atoms with van der Waals surface area (Å²) < 4.78 is 0. The van der Waals surface area contributed by atoms with Gasteiger partial charge in [0.25, 0.3) is 0 Å². The maximum absolute atomic E-state index is 2.42. The molecule has 9 heteroatoms. The third kappa shape index (κ3) is 40.8. The van der Waals surface area contributed by atoms with Crippen LogP contribution in [0.5, 0.6) is 0 Å². The molecule has 60 heavy (non-hydrogen) atoms. The minimum atomic E-state index is 0. The van der Waals surface area contributed by atoms with Gasteiger partial charge in [0.15, 0.2) is 0 Å². The quantitative estimate of drug-likeness (QED) is 0.119. The molecule has 0 fully saturated rings. The van der Waals surface area contributed by atoms with Crippen molar-refractivity contribution in [1.29, 1.82) is 0 Å². The van der Waals surface area contributed by atoms with Gasteiger partial charge in [0.2, 0.25) is 0 Å². The number of hydrogen-bond acceptors (Lipinski definition) is 0. The van der Waals surface area contributed by atoms with E-state index in [0.717, 1.165) is 0 Å². The molecule has 0 aromatic heterocycles. The van der Waals surface area contributed by atoms with Gasteiger partial charge >= 0.3 is 78.6 Å². The first-order valence-electron chi connectivity index (χ1n) is 19.4. The molecule has 6 aromatic rings. The SMILES string of the molecule is CP(C)C[CH-]C(C)(C)C.CP(C)C[CH-]C(C)(C)C.CP(C)C[CH-]C(C)(C)C.[Cl-].[Cl-].[Cl-].[Zr+2].[Zr+2].[Zr+2].c1ccc2[cH-]ccc2c1.c1ccc2[cH-]ccc2c1.c1ccc2[cH-]ccc2c1. The molecule has 6 aromatic carbocycles. The monoisotopic (exact) mass is 1160 g/mol. The van der Waals surface area contributed by atoms with Crippen molar-refractivity contribution in [3.63, 3.8) is 0 Å². The van der Waals surface area contributed by atoms with Crippen LogP contribution in [0.3, 0.4) is 0 Å². The van der Waals surface area contributed by atoms with Crippen molar-refractivity contribution in [2.45, 2.75) is 62.3 Å². The summed E-state index contributed by atoms with van der Waals surface area (Å²) in [6.45, 7) is 34.2. The van der Waals surface area contributed by atoms with Crippen molar-refractivity contribution in [3.8, 4) is 0 Å². The summed E-state index contributed by atoms with van der Waals surface area (Å²) in [7, 11) is 0.839. The smallest absolute Gasteiger partial charge is 1.00 e. The molecular formula is C51H75Cl3P3Zr3-3. The van der Waals surface area contributed by atoms with Crippen LogP contribution in [0.25, 0.3) is 32.3 Å². The predicted octanol–water partition coefficient (Wildman–Crippen LogP) is 7.62. The number of halogens is 3. The first-order valence-corrected chi connectivity index (χ1v) is 26.7. The van der Waals surface area contributed by atoms with E-state index in [2.05, 4.69) is 249 Å². The molecule has 0 aliphatic rings. The molecule has 0 aliphatic heterocycles. The van der Waals surface area contributed by atoms with Gasteiger partial charge in [0, 0.05) is 0 Å². The van der Waals surface area contributed by atoms with Crippen molar-refractivity contribution in [2.24, 2.45) is 16.2 Å². The largest absolute Gasteiger partial charge is 2.00 e. The predicted molar refractivity (Wildman–Crippen MR) is 261 cm³/mol. The summed E-state index contributed by atoms with van der Waals surface area (Å²) >= 11 is 0. The maximum Gasteiger partial charge on any atom is 2.00 e. The van der Waals surface area contributed by atoms with E-state index >= 15 is 0 Å². The molecule has 0 atom stereocenters. The number of hydrogen-bond donors (Lipinski definition) is 0. The first-order chi connectivity index (χ1) is 25.1. The maximum atomic E-state index is 2.42. The van der Waals surface area contributed by atoms with Crippen LogP contribution in [-0.2, 0) is 78.6 Å². The molecule has 0 radical (unpaired) electrons. The van der Waals surface area contributed by atoms with E-state index < -0.39 is 0 Å². The Bertz CT molecular complexity index is 1490. The summed E-state index contributed by atoms with van der Waals surface area (Å²) in [5.41, 5.74) is 1.27. The van der Waals surface area contributed by atoms with Crippen LogP contribution < -0.4 is 37.2 Å². The Kier molecular flexibility index (Phi) is 47.9. The van der Waals surface area contributed by atoms with Gasteiger partial charge in [-0.2, -0.15) is 87.3 Å². The molecule has 0 saturated carbocycles. The summed E-state index contributed by atoms with van der Waals surface area (Å²) in [5.74, 6) is 0. The fourth-order valence-electron chi connectivity index (χ4n) is 4.58. The van der Waals surface area contributed by atoms with Crippen LogP contribution in [0.2, 0.25) is 0 Å². The molecule has 6 rings (SSSR count). The third-order valence-corrected chi connectivity index (χ3v) is 10.6. The molecule has 0 nitrogen and oxygen atoms in total. The van der Waals surface area contributed by atoms with Gasteiger partial charge in [0.05, 0.1) is 0 Å². The molecule has 0 bridgehead atoms. The second-order valence-corrected chi connectivity index (χ2v) is 25.5. The van der Waals surface area contributed by atoms with E-state index in [1.54, 1.807) is 0 Å². The molecule has 0 spiro atoms. The minimum absolute atomic E-state index is 0. The molecule has 0 aliphatic carbocycles. The van der Waals surface area contributed by atoms with Gasteiger partial charge in [-0.3, -0.25) is 0 Å². The van der Waals surface area contributed by atoms with E-state index in [-0.39, 0.29) is 140 Å². The minimum Gasteiger partial charge on any atom is -1.00 e. The van der Waals surface area contributed by atoms with Crippen molar-refractivity contribution < 1.29 is 116 Å². The summed E-state index contributed by atoms with van der Waals surface area (Å²) in [6, 6.07) is 44.0. The van der Waals surface area contributed by atoms with Gasteiger partial charge < -0.3 is 56.5 Å². The van der Waals surface area contributed by atoms with Gasteiger partial charge in [0.1, 0.15) is 0 Å². The van der Waals surface area contributed by atoms with Gasteiger partial charge in [-0.25, -0.2) is 0 Å². The third-order valence-electron chi connectivity index (χ3n) is 7.85. The first kappa shape index (κ1) is 72.9. The average molecular weight is 1160 g/mol.